The number of ketones is 1. The molecule has 19 heavy (non-hydrogen) atoms. The highest BCUT2D eigenvalue weighted by molar-refractivity contribution is 6.02. The van der Waals surface area contributed by atoms with Crippen molar-refractivity contribution in [1.82, 2.24) is 0 Å². The average Bonchev–Trinajstić information content (AvgIpc) is 2.99. The summed E-state index contributed by atoms with van der Waals surface area (Å²) in [5.41, 5.74) is 0.0975. The number of carbonyl (C=O) groups is 1. The Labute approximate surface area is 110 Å². The Hall–Kier alpha value is -2.01. The van der Waals surface area contributed by atoms with E-state index in [1.807, 2.05) is 0 Å². The molecule has 1 saturated heterocycles. The lowest BCUT2D eigenvalue weighted by Crippen LogP contribution is -2.21. The van der Waals surface area contributed by atoms with Crippen molar-refractivity contribution in [3.63, 3.8) is 0 Å². The molecule has 0 aromatic heterocycles. The molecular weight excluding hydrogens is 246 g/mol. The molecule has 2 fully saturated rings. The molecule has 1 aliphatic heterocycles. The molecule has 5 heteroatoms. The van der Waals surface area contributed by atoms with Crippen LogP contribution in [0.4, 0.5) is 5.69 Å². The van der Waals surface area contributed by atoms with Crippen molar-refractivity contribution in [2.24, 2.45) is 0 Å². The van der Waals surface area contributed by atoms with Gasteiger partial charge in [0, 0.05) is 12.1 Å². The minimum atomic E-state index is -0.572. The number of ether oxygens (including phenoxy) is 1. The number of nitro groups is 1. The van der Waals surface area contributed by atoms with Gasteiger partial charge >= 0.3 is 0 Å². The van der Waals surface area contributed by atoms with Crippen LogP contribution >= 0.6 is 0 Å². The molecule has 1 saturated carbocycles. The summed E-state index contributed by atoms with van der Waals surface area (Å²) in [6, 6.07) is 6.21. The molecule has 0 N–H and O–H groups in total. The molecule has 1 aromatic carbocycles. The Morgan fingerprint density at radius 2 is 2.37 bits per heavy atom. The quantitative estimate of drug-likeness (QED) is 0.360. The van der Waals surface area contributed by atoms with Crippen LogP contribution in [0, 0.1) is 10.1 Å². The first-order valence-corrected chi connectivity index (χ1v) is 6.27. The summed E-state index contributed by atoms with van der Waals surface area (Å²) >= 11 is 0. The van der Waals surface area contributed by atoms with Crippen molar-refractivity contribution >= 4 is 17.5 Å². The molecule has 2 unspecified atom stereocenters. The van der Waals surface area contributed by atoms with Crippen molar-refractivity contribution in [2.75, 3.05) is 0 Å². The summed E-state index contributed by atoms with van der Waals surface area (Å²) < 4.78 is 5.44. The number of benzene rings is 1. The first-order valence-electron chi connectivity index (χ1n) is 6.27. The van der Waals surface area contributed by atoms with Crippen LogP contribution in [0.3, 0.4) is 0 Å². The maximum absolute atomic E-state index is 12.1. The number of rotatable bonds is 4. The first-order chi connectivity index (χ1) is 9.12. The lowest BCUT2D eigenvalue weighted by atomic mass is 10.0. The van der Waals surface area contributed by atoms with Gasteiger partial charge in [-0.1, -0.05) is 18.2 Å². The number of nitrogens with zero attached hydrogens (tertiary/aromatic N) is 1. The van der Waals surface area contributed by atoms with Crippen molar-refractivity contribution in [3.05, 3.63) is 46.0 Å². The van der Waals surface area contributed by atoms with Crippen LogP contribution in [-0.4, -0.2) is 22.4 Å². The van der Waals surface area contributed by atoms with Gasteiger partial charge in [0.1, 0.15) is 0 Å². The molecular formula is C14H13NO4. The zero-order valence-corrected chi connectivity index (χ0v) is 10.2. The molecule has 1 heterocycles. The summed E-state index contributed by atoms with van der Waals surface area (Å²) in [5.74, 6) is -0.0264. The molecule has 2 atom stereocenters. The number of nitro benzene ring substituents is 1. The number of epoxide rings is 1. The fourth-order valence-electron chi connectivity index (χ4n) is 2.68. The highest BCUT2D eigenvalue weighted by Gasteiger charge is 2.63. The van der Waals surface area contributed by atoms with Crippen LogP contribution in [0.5, 0.6) is 0 Å². The highest BCUT2D eigenvalue weighted by atomic mass is 16.6. The molecule has 2 aliphatic rings. The van der Waals surface area contributed by atoms with Gasteiger partial charge in [0.25, 0.3) is 5.69 Å². The minimum Gasteiger partial charge on any atom is -0.357 e. The van der Waals surface area contributed by atoms with Crippen LogP contribution < -0.4 is 0 Å². The zero-order chi connectivity index (χ0) is 13.5. The molecule has 98 valence electrons. The smallest absolute Gasteiger partial charge is 0.270 e. The molecule has 0 bridgehead atoms. The standard InChI is InChI=1S/C14H13NO4/c16-12(14-8-2-5-13(14)19-14)7-6-10-3-1-4-11(9-10)15(17)18/h1,3-4,6-7,9,13H,2,5,8H2/b7-6+. The third-order valence-corrected chi connectivity index (χ3v) is 3.76. The van der Waals surface area contributed by atoms with Gasteiger partial charge in [-0.3, -0.25) is 14.9 Å². The van der Waals surface area contributed by atoms with Crippen molar-refractivity contribution < 1.29 is 14.5 Å². The van der Waals surface area contributed by atoms with Gasteiger partial charge in [-0.15, -0.1) is 0 Å². The van der Waals surface area contributed by atoms with E-state index in [4.69, 9.17) is 4.74 Å². The van der Waals surface area contributed by atoms with E-state index in [0.29, 0.717) is 5.56 Å². The topological polar surface area (TPSA) is 72.7 Å². The van der Waals surface area contributed by atoms with E-state index >= 15 is 0 Å². The number of non-ortho nitro benzene ring substituents is 1. The number of fused-ring (bicyclic) bond motifs is 1. The third kappa shape index (κ3) is 2.06. The van der Waals surface area contributed by atoms with Crippen LogP contribution in [-0.2, 0) is 9.53 Å². The van der Waals surface area contributed by atoms with E-state index in [0.717, 1.165) is 19.3 Å². The van der Waals surface area contributed by atoms with Crippen molar-refractivity contribution in [2.45, 2.75) is 31.0 Å². The van der Waals surface area contributed by atoms with E-state index in [2.05, 4.69) is 0 Å². The van der Waals surface area contributed by atoms with Crippen LogP contribution in [0.15, 0.2) is 30.3 Å². The lowest BCUT2D eigenvalue weighted by molar-refractivity contribution is -0.384. The summed E-state index contributed by atoms with van der Waals surface area (Å²) in [6.07, 6.45) is 5.95. The Bertz CT molecular complexity index is 581. The highest BCUT2D eigenvalue weighted by Crippen LogP contribution is 2.50. The van der Waals surface area contributed by atoms with E-state index in [1.54, 1.807) is 18.2 Å². The van der Waals surface area contributed by atoms with Crippen LogP contribution in [0.1, 0.15) is 24.8 Å². The van der Waals surface area contributed by atoms with Crippen molar-refractivity contribution in [1.29, 1.82) is 0 Å². The van der Waals surface area contributed by atoms with Gasteiger partial charge in [-0.05, 0) is 30.9 Å². The van der Waals surface area contributed by atoms with E-state index in [9.17, 15) is 14.9 Å². The maximum Gasteiger partial charge on any atom is 0.270 e. The van der Waals surface area contributed by atoms with Crippen molar-refractivity contribution in [3.8, 4) is 0 Å². The second-order valence-electron chi connectivity index (χ2n) is 4.94. The van der Waals surface area contributed by atoms with Gasteiger partial charge in [0.2, 0.25) is 0 Å². The minimum absolute atomic E-state index is 0.0224. The van der Waals surface area contributed by atoms with E-state index in [1.165, 1.54) is 18.2 Å². The molecule has 3 rings (SSSR count). The SMILES string of the molecule is O=C(/C=C/c1cccc([N+](=O)[O-])c1)C12CCCC1O2. The summed E-state index contributed by atoms with van der Waals surface area (Å²) in [6.45, 7) is 0. The zero-order valence-electron chi connectivity index (χ0n) is 10.2. The normalized spacial score (nSPS) is 28.3. The fraction of sp³-hybridized carbons (Fsp3) is 0.357. The summed E-state index contributed by atoms with van der Waals surface area (Å²) in [7, 11) is 0. The van der Waals surface area contributed by atoms with Gasteiger partial charge in [-0.25, -0.2) is 0 Å². The Morgan fingerprint density at radius 1 is 1.53 bits per heavy atom. The second kappa shape index (κ2) is 4.28. The maximum atomic E-state index is 12.1. The molecule has 5 nitrogen and oxygen atoms in total. The predicted octanol–water partition coefficient (Wildman–Crippen LogP) is 2.50. The van der Waals surface area contributed by atoms with E-state index < -0.39 is 10.5 Å². The molecule has 1 aliphatic carbocycles. The first kappa shape index (κ1) is 12.0. The predicted molar refractivity (Wildman–Crippen MR) is 68.6 cm³/mol. The van der Waals surface area contributed by atoms with Gasteiger partial charge in [0.05, 0.1) is 11.0 Å². The summed E-state index contributed by atoms with van der Waals surface area (Å²) in [5, 5.41) is 10.7. The fourth-order valence-corrected chi connectivity index (χ4v) is 2.68. The lowest BCUT2D eigenvalue weighted by Gasteiger charge is -2.02. The van der Waals surface area contributed by atoms with Gasteiger partial charge in [0.15, 0.2) is 11.4 Å². The monoisotopic (exact) mass is 259 g/mol. The van der Waals surface area contributed by atoms with Gasteiger partial charge < -0.3 is 4.74 Å². The Kier molecular flexibility index (Phi) is 2.71. The molecule has 1 aromatic rings. The number of carbonyl (C=O) groups excluding carboxylic acids is 1. The Morgan fingerprint density at radius 3 is 3.00 bits per heavy atom. The number of hydrogen-bond acceptors (Lipinski definition) is 4. The Balaban J connectivity index is 1.74. The summed E-state index contributed by atoms with van der Waals surface area (Å²) in [4.78, 5) is 22.3. The van der Waals surface area contributed by atoms with Crippen LogP contribution in [0.2, 0.25) is 0 Å². The molecule has 0 spiro atoms. The van der Waals surface area contributed by atoms with E-state index in [-0.39, 0.29) is 17.6 Å². The second-order valence-corrected chi connectivity index (χ2v) is 4.94. The van der Waals surface area contributed by atoms with Gasteiger partial charge in [-0.2, -0.15) is 0 Å². The largest absolute Gasteiger partial charge is 0.357 e. The third-order valence-electron chi connectivity index (χ3n) is 3.76. The average molecular weight is 259 g/mol. The number of hydrogen-bond donors (Lipinski definition) is 0. The molecule has 0 amide bonds. The van der Waals surface area contributed by atoms with Crippen LogP contribution in [0.25, 0.3) is 6.08 Å². The molecule has 0 radical (unpaired) electrons.